The lowest BCUT2D eigenvalue weighted by molar-refractivity contribution is 0.248. The molecule has 0 aliphatic rings. The van der Waals surface area contributed by atoms with E-state index < -0.39 is 0 Å². The average Bonchev–Trinajstić information content (AvgIpc) is 1.83. The van der Waals surface area contributed by atoms with E-state index in [9.17, 15) is 0 Å². The molecule has 0 heterocycles. The second-order valence-corrected chi connectivity index (χ2v) is 2.89. The fourth-order valence-corrected chi connectivity index (χ4v) is 0.501. The molecule has 0 unspecified atom stereocenters. The summed E-state index contributed by atoms with van der Waals surface area (Å²) in [5, 5.41) is 11.8. The molecule has 2 nitrogen and oxygen atoms in total. The van der Waals surface area contributed by atoms with Crippen LogP contribution < -0.4 is 5.32 Å². The third kappa shape index (κ3) is 5.80. The van der Waals surface area contributed by atoms with Crippen molar-refractivity contribution in [1.82, 2.24) is 5.32 Å². The average molecular weight is 131 g/mol. The van der Waals surface area contributed by atoms with Gasteiger partial charge in [0.1, 0.15) is 0 Å². The van der Waals surface area contributed by atoms with Crippen LogP contribution in [0.25, 0.3) is 0 Å². The number of nitrogens with one attached hydrogen (secondary N) is 1. The van der Waals surface area contributed by atoms with Gasteiger partial charge in [-0.05, 0) is 19.4 Å². The number of aliphatic hydroxyl groups excluding tert-OH is 1. The molecule has 0 rings (SSSR count). The van der Waals surface area contributed by atoms with Crippen molar-refractivity contribution in [2.45, 2.75) is 26.8 Å². The zero-order valence-corrected chi connectivity index (χ0v) is 6.52. The van der Waals surface area contributed by atoms with Gasteiger partial charge in [0.15, 0.2) is 0 Å². The molecule has 0 spiro atoms. The van der Waals surface area contributed by atoms with Crippen LogP contribution in [0, 0.1) is 5.92 Å². The Kier molecular flexibility index (Phi) is 4.72. The Balaban J connectivity index is 3.06. The van der Waals surface area contributed by atoms with E-state index in [2.05, 4.69) is 19.2 Å². The number of hydrogen-bond acceptors (Lipinski definition) is 2. The maximum atomic E-state index is 8.59. The summed E-state index contributed by atoms with van der Waals surface area (Å²) in [7, 11) is 0. The molecule has 2 heteroatoms. The first kappa shape index (κ1) is 8.92. The Bertz CT molecular complexity index is 63.9. The third-order valence-corrected chi connectivity index (χ3v) is 1.15. The van der Waals surface area contributed by atoms with Crippen LogP contribution in [0.4, 0.5) is 0 Å². The predicted octanol–water partition coefficient (Wildman–Crippen LogP) is 0.613. The van der Waals surface area contributed by atoms with E-state index in [0.717, 1.165) is 6.54 Å². The quantitative estimate of drug-likeness (QED) is 0.586. The first-order valence-corrected chi connectivity index (χ1v) is 3.51. The van der Waals surface area contributed by atoms with Gasteiger partial charge in [0.2, 0.25) is 0 Å². The van der Waals surface area contributed by atoms with Crippen LogP contribution in [-0.4, -0.2) is 24.3 Å². The van der Waals surface area contributed by atoms with Crippen LogP contribution in [-0.2, 0) is 0 Å². The van der Waals surface area contributed by atoms with Crippen molar-refractivity contribution < 1.29 is 5.11 Å². The van der Waals surface area contributed by atoms with Crippen molar-refractivity contribution in [3.63, 3.8) is 0 Å². The minimum atomic E-state index is 0.229. The zero-order valence-electron chi connectivity index (χ0n) is 6.52. The van der Waals surface area contributed by atoms with Crippen LogP contribution in [0.15, 0.2) is 0 Å². The Hall–Kier alpha value is -0.0800. The smallest absolute Gasteiger partial charge is 0.0581 e. The van der Waals surface area contributed by atoms with Crippen molar-refractivity contribution in [3.05, 3.63) is 0 Å². The topological polar surface area (TPSA) is 32.3 Å². The van der Waals surface area contributed by atoms with E-state index in [-0.39, 0.29) is 12.6 Å². The fourth-order valence-electron chi connectivity index (χ4n) is 0.501. The lowest BCUT2D eigenvalue weighted by atomic mass is 10.2. The Labute approximate surface area is 57.3 Å². The van der Waals surface area contributed by atoms with Crippen molar-refractivity contribution in [3.8, 4) is 0 Å². The van der Waals surface area contributed by atoms with Crippen molar-refractivity contribution in [2.24, 2.45) is 5.92 Å². The van der Waals surface area contributed by atoms with Crippen molar-refractivity contribution in [2.75, 3.05) is 13.2 Å². The lowest BCUT2D eigenvalue weighted by Gasteiger charge is -2.11. The van der Waals surface area contributed by atoms with E-state index in [1.807, 2.05) is 6.92 Å². The number of aliphatic hydroxyl groups is 1. The summed E-state index contributed by atoms with van der Waals surface area (Å²) < 4.78 is 0. The predicted molar refractivity (Wildman–Crippen MR) is 39.4 cm³/mol. The van der Waals surface area contributed by atoms with Gasteiger partial charge in [-0.3, -0.25) is 0 Å². The van der Waals surface area contributed by atoms with Gasteiger partial charge in [-0.15, -0.1) is 0 Å². The van der Waals surface area contributed by atoms with Gasteiger partial charge < -0.3 is 10.4 Å². The molecular weight excluding hydrogens is 114 g/mol. The molecule has 0 radical (unpaired) electrons. The highest BCUT2D eigenvalue weighted by atomic mass is 16.3. The van der Waals surface area contributed by atoms with E-state index in [1.165, 1.54) is 0 Å². The molecule has 0 aromatic heterocycles. The van der Waals surface area contributed by atoms with Gasteiger partial charge in [-0.25, -0.2) is 0 Å². The van der Waals surface area contributed by atoms with Crippen LogP contribution in [0.3, 0.4) is 0 Å². The van der Waals surface area contributed by atoms with E-state index in [1.54, 1.807) is 0 Å². The largest absolute Gasteiger partial charge is 0.395 e. The molecule has 0 saturated carbocycles. The zero-order chi connectivity index (χ0) is 7.28. The summed E-state index contributed by atoms with van der Waals surface area (Å²) in [6, 6.07) is 0.243. The summed E-state index contributed by atoms with van der Waals surface area (Å²) in [6.45, 7) is 7.49. The first-order chi connectivity index (χ1) is 4.16. The van der Waals surface area contributed by atoms with Crippen LogP contribution >= 0.6 is 0 Å². The molecule has 1 atom stereocenters. The Morgan fingerprint density at radius 3 is 2.22 bits per heavy atom. The number of rotatable bonds is 4. The SMILES string of the molecule is CC(C)CN[C@H](C)CO. The van der Waals surface area contributed by atoms with Crippen LogP contribution in [0.2, 0.25) is 0 Å². The molecule has 0 aliphatic carbocycles. The van der Waals surface area contributed by atoms with Gasteiger partial charge in [0.25, 0.3) is 0 Å². The van der Waals surface area contributed by atoms with E-state index in [0.29, 0.717) is 5.92 Å². The molecule has 0 saturated heterocycles. The molecule has 2 N–H and O–H groups in total. The second kappa shape index (κ2) is 4.77. The lowest BCUT2D eigenvalue weighted by Crippen LogP contribution is -2.32. The molecular formula is C7H17NO. The molecule has 0 aliphatic heterocycles. The van der Waals surface area contributed by atoms with Crippen LogP contribution in [0.5, 0.6) is 0 Å². The highest BCUT2D eigenvalue weighted by Gasteiger charge is 1.98. The first-order valence-electron chi connectivity index (χ1n) is 3.51. The molecule has 56 valence electrons. The second-order valence-electron chi connectivity index (χ2n) is 2.89. The maximum absolute atomic E-state index is 8.59. The summed E-state index contributed by atoms with van der Waals surface area (Å²) in [5.74, 6) is 0.666. The molecule has 0 bridgehead atoms. The summed E-state index contributed by atoms with van der Waals surface area (Å²) in [6.07, 6.45) is 0. The maximum Gasteiger partial charge on any atom is 0.0581 e. The normalized spacial score (nSPS) is 14.3. The van der Waals surface area contributed by atoms with Crippen molar-refractivity contribution in [1.29, 1.82) is 0 Å². The Morgan fingerprint density at radius 2 is 1.89 bits per heavy atom. The van der Waals surface area contributed by atoms with E-state index >= 15 is 0 Å². The molecule has 0 fully saturated rings. The Morgan fingerprint density at radius 1 is 1.33 bits per heavy atom. The van der Waals surface area contributed by atoms with Crippen LogP contribution in [0.1, 0.15) is 20.8 Å². The monoisotopic (exact) mass is 131 g/mol. The molecule has 9 heavy (non-hydrogen) atoms. The highest BCUT2D eigenvalue weighted by Crippen LogP contribution is 1.88. The third-order valence-electron chi connectivity index (χ3n) is 1.15. The molecule has 0 amide bonds. The highest BCUT2D eigenvalue weighted by molar-refractivity contribution is 4.58. The molecule has 0 aromatic carbocycles. The van der Waals surface area contributed by atoms with Gasteiger partial charge in [0.05, 0.1) is 6.61 Å². The fraction of sp³-hybridized carbons (Fsp3) is 1.00. The standard InChI is InChI=1S/C7H17NO/c1-6(2)4-8-7(3)5-9/h6-9H,4-5H2,1-3H3/t7-/m1/s1. The minimum Gasteiger partial charge on any atom is -0.395 e. The van der Waals surface area contributed by atoms with Crippen molar-refractivity contribution >= 4 is 0 Å². The van der Waals surface area contributed by atoms with Gasteiger partial charge >= 0.3 is 0 Å². The number of hydrogen-bond donors (Lipinski definition) is 2. The van der Waals surface area contributed by atoms with Gasteiger partial charge in [-0.1, -0.05) is 13.8 Å². The minimum absolute atomic E-state index is 0.229. The summed E-state index contributed by atoms with van der Waals surface area (Å²) in [5.41, 5.74) is 0. The summed E-state index contributed by atoms with van der Waals surface area (Å²) in [4.78, 5) is 0. The summed E-state index contributed by atoms with van der Waals surface area (Å²) >= 11 is 0. The van der Waals surface area contributed by atoms with Gasteiger partial charge in [-0.2, -0.15) is 0 Å². The molecule has 0 aromatic rings. The van der Waals surface area contributed by atoms with Gasteiger partial charge in [0, 0.05) is 6.04 Å². The van der Waals surface area contributed by atoms with E-state index in [4.69, 9.17) is 5.11 Å².